The first-order valence-electron chi connectivity index (χ1n) is 8.67. The zero-order valence-corrected chi connectivity index (χ0v) is 15.6. The molecular weight excluding hydrogens is 338 g/mol. The van der Waals surface area contributed by atoms with Crippen LogP contribution in [0.1, 0.15) is 26.7 Å². The number of para-hydroxylation sites is 2. The van der Waals surface area contributed by atoms with Gasteiger partial charge in [-0.1, -0.05) is 19.1 Å². The Morgan fingerprint density at radius 2 is 1.68 bits per heavy atom. The van der Waals surface area contributed by atoms with Gasteiger partial charge >= 0.3 is 11.1 Å². The average molecular weight is 363 g/mol. The van der Waals surface area contributed by atoms with Crippen LogP contribution < -0.4 is 16.4 Å². The molecule has 1 aromatic carbocycles. The zero-order valence-electron chi connectivity index (χ0n) is 14.8. The summed E-state index contributed by atoms with van der Waals surface area (Å²) in [6.45, 7) is 4.82. The van der Waals surface area contributed by atoms with Gasteiger partial charge in [0, 0.05) is 13.1 Å². The summed E-state index contributed by atoms with van der Waals surface area (Å²) in [4.78, 5) is 36.8. The maximum atomic E-state index is 12.4. The highest BCUT2D eigenvalue weighted by Gasteiger charge is 2.14. The van der Waals surface area contributed by atoms with Crippen LogP contribution in [0, 0.1) is 0 Å². The van der Waals surface area contributed by atoms with Crippen LogP contribution in [0.4, 0.5) is 0 Å². The van der Waals surface area contributed by atoms with Crippen LogP contribution in [0.5, 0.6) is 0 Å². The van der Waals surface area contributed by atoms with Crippen LogP contribution in [0.25, 0.3) is 11.0 Å². The number of carbonyl (C=O) groups excluding carboxylic acids is 1. The lowest BCUT2D eigenvalue weighted by Gasteiger charge is -2.13. The summed E-state index contributed by atoms with van der Waals surface area (Å²) in [5.41, 5.74) is 0.0140. The van der Waals surface area contributed by atoms with Gasteiger partial charge in [-0.2, -0.15) is 11.8 Å². The highest BCUT2D eigenvalue weighted by Crippen LogP contribution is 2.10. The second-order valence-electron chi connectivity index (χ2n) is 5.75. The lowest BCUT2D eigenvalue weighted by Crippen LogP contribution is -2.43. The predicted molar refractivity (Wildman–Crippen MR) is 103 cm³/mol. The van der Waals surface area contributed by atoms with Crippen molar-refractivity contribution in [3.63, 3.8) is 0 Å². The number of benzene rings is 1. The Hall–Kier alpha value is -2.02. The molecular formula is C18H25N3O3S. The molecule has 6 nitrogen and oxygen atoms in total. The van der Waals surface area contributed by atoms with Crippen LogP contribution in [-0.2, 0) is 17.9 Å². The molecule has 0 aliphatic carbocycles. The van der Waals surface area contributed by atoms with E-state index in [1.807, 2.05) is 24.8 Å². The Bertz CT molecular complexity index is 842. The summed E-state index contributed by atoms with van der Waals surface area (Å²) in [6, 6.07) is 7.17. The van der Waals surface area contributed by atoms with E-state index in [9.17, 15) is 14.4 Å². The van der Waals surface area contributed by atoms with E-state index in [1.165, 1.54) is 9.13 Å². The van der Waals surface area contributed by atoms with Crippen molar-refractivity contribution in [2.75, 3.05) is 18.1 Å². The van der Waals surface area contributed by atoms with Crippen LogP contribution in [0.15, 0.2) is 33.9 Å². The minimum atomic E-state index is -0.658. The van der Waals surface area contributed by atoms with Crippen LogP contribution >= 0.6 is 11.8 Å². The third-order valence-electron chi connectivity index (χ3n) is 3.89. The molecule has 25 heavy (non-hydrogen) atoms. The fourth-order valence-corrected chi connectivity index (χ4v) is 3.53. The summed E-state index contributed by atoms with van der Waals surface area (Å²) in [7, 11) is 0. The van der Waals surface area contributed by atoms with Crippen molar-refractivity contribution < 1.29 is 4.79 Å². The number of fused-ring (bicyclic) bond motifs is 1. The molecule has 2 aromatic rings. The van der Waals surface area contributed by atoms with E-state index in [4.69, 9.17) is 0 Å². The van der Waals surface area contributed by atoms with E-state index < -0.39 is 11.1 Å². The molecule has 1 heterocycles. The number of hydrogen-bond acceptors (Lipinski definition) is 4. The summed E-state index contributed by atoms with van der Waals surface area (Å²) < 4.78 is 2.71. The SMILES string of the molecule is CCCSCCCNC(=O)Cn1c(=O)c(=O)n(CC)c2ccccc21. The molecule has 0 spiro atoms. The zero-order chi connectivity index (χ0) is 18.2. The molecule has 7 heteroatoms. The number of carbonyl (C=O) groups is 1. The number of nitrogens with one attached hydrogen (secondary N) is 1. The molecule has 0 radical (unpaired) electrons. The molecule has 0 atom stereocenters. The lowest BCUT2D eigenvalue weighted by molar-refractivity contribution is -0.121. The molecule has 0 aliphatic heterocycles. The van der Waals surface area contributed by atoms with Gasteiger partial charge in [0.2, 0.25) is 5.91 Å². The lowest BCUT2D eigenvalue weighted by atomic mass is 10.2. The van der Waals surface area contributed by atoms with Crippen molar-refractivity contribution in [3.8, 4) is 0 Å². The summed E-state index contributed by atoms with van der Waals surface area (Å²) in [5, 5.41) is 2.83. The molecule has 0 bridgehead atoms. The smallest absolute Gasteiger partial charge is 0.317 e. The molecule has 1 N–H and O–H groups in total. The molecule has 1 aromatic heterocycles. The number of nitrogens with zero attached hydrogens (tertiary/aromatic N) is 2. The van der Waals surface area contributed by atoms with Crippen LogP contribution in [0.3, 0.4) is 0 Å². The van der Waals surface area contributed by atoms with Gasteiger partial charge < -0.3 is 9.88 Å². The van der Waals surface area contributed by atoms with E-state index in [1.54, 1.807) is 18.2 Å². The third-order valence-corrected chi connectivity index (χ3v) is 5.16. The number of amides is 1. The fraction of sp³-hybridized carbons (Fsp3) is 0.500. The largest absolute Gasteiger partial charge is 0.355 e. The van der Waals surface area contributed by atoms with Crippen molar-refractivity contribution >= 4 is 28.7 Å². The molecule has 0 fully saturated rings. The standard InChI is InChI=1S/C18H25N3O3S/c1-3-11-25-12-7-10-19-16(22)13-21-15-9-6-5-8-14(15)20(4-2)17(23)18(21)24/h5-6,8-9H,3-4,7,10-13H2,1-2H3,(H,19,22). The second-order valence-corrected chi connectivity index (χ2v) is 6.97. The van der Waals surface area contributed by atoms with Crippen molar-refractivity contribution in [2.24, 2.45) is 0 Å². The van der Waals surface area contributed by atoms with Gasteiger partial charge in [-0.3, -0.25) is 19.0 Å². The minimum absolute atomic E-state index is 0.138. The normalized spacial score (nSPS) is 11.0. The van der Waals surface area contributed by atoms with Gasteiger partial charge in [0.1, 0.15) is 6.54 Å². The first-order valence-corrected chi connectivity index (χ1v) is 9.82. The molecule has 0 unspecified atom stereocenters. The van der Waals surface area contributed by atoms with E-state index in [0.717, 1.165) is 24.3 Å². The van der Waals surface area contributed by atoms with Gasteiger partial charge in [-0.15, -0.1) is 0 Å². The maximum Gasteiger partial charge on any atom is 0.317 e. The van der Waals surface area contributed by atoms with E-state index in [-0.39, 0.29) is 12.5 Å². The number of aromatic nitrogens is 2. The quantitative estimate of drug-likeness (QED) is 0.545. The molecule has 0 saturated carbocycles. The predicted octanol–water partition coefficient (Wildman–Crippen LogP) is 1.83. The van der Waals surface area contributed by atoms with E-state index in [2.05, 4.69) is 12.2 Å². The molecule has 0 saturated heterocycles. The topological polar surface area (TPSA) is 73.1 Å². The number of rotatable bonds is 9. The van der Waals surface area contributed by atoms with Gasteiger partial charge in [-0.05, 0) is 43.4 Å². The Morgan fingerprint density at radius 3 is 2.32 bits per heavy atom. The first-order chi connectivity index (χ1) is 12.1. The fourth-order valence-electron chi connectivity index (χ4n) is 2.69. The van der Waals surface area contributed by atoms with Crippen LogP contribution in [0.2, 0.25) is 0 Å². The highest BCUT2D eigenvalue weighted by molar-refractivity contribution is 7.99. The second kappa shape index (κ2) is 9.46. The van der Waals surface area contributed by atoms with Crippen molar-refractivity contribution in [1.82, 2.24) is 14.5 Å². The van der Waals surface area contributed by atoms with Gasteiger partial charge in [0.15, 0.2) is 0 Å². The number of aryl methyl sites for hydroxylation is 1. The molecule has 136 valence electrons. The maximum absolute atomic E-state index is 12.4. The van der Waals surface area contributed by atoms with Gasteiger partial charge in [-0.25, -0.2) is 0 Å². The summed E-state index contributed by atoms with van der Waals surface area (Å²) >= 11 is 1.87. The van der Waals surface area contributed by atoms with Crippen LogP contribution in [-0.4, -0.2) is 33.1 Å². The Labute approximate surface area is 151 Å². The Balaban J connectivity index is 2.13. The monoisotopic (exact) mass is 363 g/mol. The molecule has 0 aliphatic rings. The minimum Gasteiger partial charge on any atom is -0.355 e. The Kier molecular flexibility index (Phi) is 7.31. The van der Waals surface area contributed by atoms with Crippen molar-refractivity contribution in [3.05, 3.63) is 45.0 Å². The first kappa shape index (κ1) is 19.3. The average Bonchev–Trinajstić information content (AvgIpc) is 2.62. The molecule has 2 rings (SSSR count). The summed E-state index contributed by atoms with van der Waals surface area (Å²) in [5.74, 6) is 1.88. The number of hydrogen-bond donors (Lipinski definition) is 1. The highest BCUT2D eigenvalue weighted by atomic mass is 32.2. The van der Waals surface area contributed by atoms with E-state index >= 15 is 0 Å². The van der Waals surface area contributed by atoms with Gasteiger partial charge in [0.25, 0.3) is 0 Å². The van der Waals surface area contributed by atoms with E-state index in [0.29, 0.717) is 24.1 Å². The van der Waals surface area contributed by atoms with Crippen molar-refractivity contribution in [1.29, 1.82) is 0 Å². The van der Waals surface area contributed by atoms with Gasteiger partial charge in [0.05, 0.1) is 11.0 Å². The number of thioether (sulfide) groups is 1. The Morgan fingerprint density at radius 1 is 1.04 bits per heavy atom. The third kappa shape index (κ3) is 4.75. The van der Waals surface area contributed by atoms with Crippen molar-refractivity contribution in [2.45, 2.75) is 39.8 Å². The molecule has 1 amide bonds. The summed E-state index contributed by atoms with van der Waals surface area (Å²) in [6.07, 6.45) is 2.04.